The van der Waals surface area contributed by atoms with Crippen molar-refractivity contribution in [1.29, 1.82) is 0 Å². The summed E-state index contributed by atoms with van der Waals surface area (Å²) in [6.07, 6.45) is -9.31. The van der Waals surface area contributed by atoms with E-state index in [2.05, 4.69) is 0 Å². The Balaban J connectivity index is 0.000000212. The van der Waals surface area contributed by atoms with Crippen molar-refractivity contribution in [2.45, 2.75) is 55.6 Å². The second-order valence-electron chi connectivity index (χ2n) is 5.41. The van der Waals surface area contributed by atoms with Crippen molar-refractivity contribution < 1.29 is 31.4 Å². The molecular formula is C10H13Cl3F6OSi. The SMILES string of the molecule is Cl[Si](Cl)(Cl)C12CCC(CC1)C2.OC(C(F)(F)F)C(F)(F)F. The van der Waals surface area contributed by atoms with Crippen LogP contribution in [0.15, 0.2) is 0 Å². The molecule has 0 saturated heterocycles. The van der Waals surface area contributed by atoms with Gasteiger partial charge in [-0.25, -0.2) is 0 Å². The molecule has 0 aliphatic heterocycles. The summed E-state index contributed by atoms with van der Waals surface area (Å²) in [5.41, 5.74) is 0. The molecule has 1 nitrogen and oxygen atoms in total. The molecule has 0 aromatic carbocycles. The summed E-state index contributed by atoms with van der Waals surface area (Å²) in [6.45, 7) is 0. The number of fused-ring (bicyclic) bond motifs is 2. The van der Waals surface area contributed by atoms with Gasteiger partial charge in [-0.2, -0.15) is 26.3 Å². The first kappa shape index (κ1) is 19.7. The first-order valence-corrected chi connectivity index (χ1v) is 11.1. The van der Waals surface area contributed by atoms with Crippen molar-refractivity contribution in [2.75, 3.05) is 0 Å². The van der Waals surface area contributed by atoms with Gasteiger partial charge in [0, 0.05) is 5.04 Å². The van der Waals surface area contributed by atoms with E-state index in [0.717, 1.165) is 5.92 Å². The summed E-state index contributed by atoms with van der Waals surface area (Å²) in [5.74, 6) is 0.887. The van der Waals surface area contributed by atoms with Crippen LogP contribution >= 0.6 is 33.2 Å². The highest BCUT2D eigenvalue weighted by molar-refractivity contribution is 7.65. The highest BCUT2D eigenvalue weighted by Gasteiger charge is 2.58. The van der Waals surface area contributed by atoms with Crippen molar-refractivity contribution in [3.8, 4) is 0 Å². The van der Waals surface area contributed by atoms with Gasteiger partial charge in [-0.3, -0.25) is 0 Å². The number of aliphatic hydroxyl groups is 1. The first-order chi connectivity index (χ1) is 9.19. The van der Waals surface area contributed by atoms with Crippen molar-refractivity contribution in [1.82, 2.24) is 0 Å². The highest BCUT2D eigenvalue weighted by Crippen LogP contribution is 2.67. The summed E-state index contributed by atoms with van der Waals surface area (Å²) >= 11 is 18.3. The Morgan fingerprint density at radius 3 is 1.43 bits per heavy atom. The van der Waals surface area contributed by atoms with E-state index in [9.17, 15) is 26.3 Å². The topological polar surface area (TPSA) is 20.2 Å². The van der Waals surface area contributed by atoms with Gasteiger partial charge in [-0.15, -0.1) is 33.2 Å². The molecule has 21 heavy (non-hydrogen) atoms. The zero-order valence-corrected chi connectivity index (χ0v) is 13.8. The highest BCUT2D eigenvalue weighted by atomic mass is 35.8. The van der Waals surface area contributed by atoms with Crippen molar-refractivity contribution in [3.05, 3.63) is 0 Å². The second kappa shape index (κ2) is 6.26. The fraction of sp³-hybridized carbons (Fsp3) is 1.00. The van der Waals surface area contributed by atoms with Crippen LogP contribution in [0.2, 0.25) is 5.04 Å². The Morgan fingerprint density at radius 2 is 1.33 bits per heavy atom. The molecular weight excluding hydrogens is 385 g/mol. The fourth-order valence-corrected chi connectivity index (χ4v) is 6.55. The monoisotopic (exact) mass is 396 g/mol. The molecule has 0 heterocycles. The van der Waals surface area contributed by atoms with Gasteiger partial charge in [0.15, 0.2) is 0 Å². The summed E-state index contributed by atoms with van der Waals surface area (Å²) in [5, 5.41) is 7.66. The van der Waals surface area contributed by atoms with Gasteiger partial charge in [-0.1, -0.05) is 12.8 Å². The van der Waals surface area contributed by atoms with E-state index in [1.807, 2.05) is 0 Å². The summed E-state index contributed by atoms with van der Waals surface area (Å²) in [7, 11) is 0. The average molecular weight is 398 g/mol. The summed E-state index contributed by atoms with van der Waals surface area (Å²) in [4.78, 5) is 0. The van der Waals surface area contributed by atoms with Crippen molar-refractivity contribution in [3.63, 3.8) is 0 Å². The maximum Gasteiger partial charge on any atom is 0.423 e. The third-order valence-electron chi connectivity index (χ3n) is 3.96. The molecule has 1 N–H and O–H groups in total. The van der Waals surface area contributed by atoms with Crippen LogP contribution in [-0.2, 0) is 0 Å². The van der Waals surface area contributed by atoms with Crippen LogP contribution in [0, 0.1) is 5.92 Å². The Morgan fingerprint density at radius 1 is 0.952 bits per heavy atom. The van der Waals surface area contributed by atoms with Gasteiger partial charge in [0.2, 0.25) is 6.10 Å². The summed E-state index contributed by atoms with van der Waals surface area (Å²) in [6, 6.07) is -2.42. The molecule has 0 atom stereocenters. The van der Waals surface area contributed by atoms with Crippen LogP contribution in [0.1, 0.15) is 32.1 Å². The Kier molecular flexibility index (Phi) is 5.86. The van der Waals surface area contributed by atoms with Crippen molar-refractivity contribution >= 4 is 39.2 Å². The molecule has 11 heteroatoms. The molecule has 2 bridgehead atoms. The number of hydrogen-bond donors (Lipinski definition) is 1. The smallest absolute Gasteiger partial charge is 0.377 e. The molecule has 0 aromatic heterocycles. The number of rotatable bonds is 1. The van der Waals surface area contributed by atoms with E-state index >= 15 is 0 Å². The number of alkyl halides is 6. The van der Waals surface area contributed by atoms with E-state index in [1.165, 1.54) is 32.1 Å². The molecule has 2 fully saturated rings. The van der Waals surface area contributed by atoms with E-state index in [4.69, 9.17) is 38.3 Å². The molecule has 0 unspecified atom stereocenters. The standard InChI is InChI=1S/C7H11Cl3Si.C3H2F6O/c8-11(9,10)7-3-1-6(5-7)2-4-7;4-2(5,6)1(10)3(7,8)9/h6H,1-5H2;1,10H. The lowest BCUT2D eigenvalue weighted by Crippen LogP contribution is -2.41. The minimum absolute atomic E-state index is 0.183. The molecule has 0 spiro atoms. The maximum atomic E-state index is 11.0. The minimum Gasteiger partial charge on any atom is -0.377 e. The fourth-order valence-electron chi connectivity index (χ4n) is 2.78. The molecule has 0 amide bonds. The van der Waals surface area contributed by atoms with E-state index in [0.29, 0.717) is 0 Å². The van der Waals surface area contributed by atoms with Crippen LogP contribution in [-0.4, -0.2) is 29.6 Å². The molecule has 2 aliphatic rings. The van der Waals surface area contributed by atoms with Crippen LogP contribution in [0.25, 0.3) is 0 Å². The largest absolute Gasteiger partial charge is 0.423 e. The van der Waals surface area contributed by atoms with Gasteiger partial charge < -0.3 is 5.11 Å². The minimum atomic E-state index is -5.63. The molecule has 2 aliphatic carbocycles. The number of aliphatic hydroxyl groups excluding tert-OH is 1. The van der Waals surface area contributed by atoms with E-state index in [1.54, 1.807) is 0 Å². The number of halogens is 9. The zero-order valence-electron chi connectivity index (χ0n) is 10.5. The Bertz CT molecular complexity index is 345. The molecule has 0 aromatic rings. The summed E-state index contributed by atoms with van der Waals surface area (Å²) < 4.78 is 65.9. The van der Waals surface area contributed by atoms with Gasteiger partial charge in [0.25, 0.3) is 0 Å². The van der Waals surface area contributed by atoms with Crippen LogP contribution in [0.5, 0.6) is 0 Å². The molecule has 0 radical (unpaired) electrons. The Labute approximate surface area is 132 Å². The predicted molar refractivity (Wildman–Crippen MR) is 70.7 cm³/mol. The molecule has 2 saturated carbocycles. The second-order valence-corrected chi connectivity index (χ2v) is 14.3. The van der Waals surface area contributed by atoms with Crippen LogP contribution in [0.3, 0.4) is 0 Å². The van der Waals surface area contributed by atoms with Crippen LogP contribution in [0.4, 0.5) is 26.3 Å². The van der Waals surface area contributed by atoms with Gasteiger partial charge in [-0.05, 0) is 25.2 Å². The first-order valence-electron chi connectivity index (χ1n) is 6.07. The normalized spacial score (nSPS) is 29.6. The lowest BCUT2D eigenvalue weighted by Gasteiger charge is -2.31. The van der Waals surface area contributed by atoms with E-state index < -0.39 is 24.5 Å². The van der Waals surface area contributed by atoms with Gasteiger partial charge >= 0.3 is 18.4 Å². The Hall–Kier alpha value is 0.627. The lowest BCUT2D eigenvalue weighted by molar-refractivity contribution is -0.308. The van der Waals surface area contributed by atoms with Gasteiger partial charge in [0.05, 0.1) is 0 Å². The average Bonchev–Trinajstić information content (AvgIpc) is 2.86. The third kappa shape index (κ3) is 4.80. The third-order valence-corrected chi connectivity index (χ3v) is 9.48. The quantitative estimate of drug-likeness (QED) is 0.354. The molecule has 2 rings (SSSR count). The molecule has 126 valence electrons. The maximum absolute atomic E-state index is 11.0. The number of hydrogen-bond acceptors (Lipinski definition) is 1. The van der Waals surface area contributed by atoms with E-state index in [-0.39, 0.29) is 5.04 Å². The lowest BCUT2D eigenvalue weighted by atomic mass is 10.0. The predicted octanol–water partition coefficient (Wildman–Crippen LogP) is 5.45. The van der Waals surface area contributed by atoms with Gasteiger partial charge in [0.1, 0.15) is 0 Å². The van der Waals surface area contributed by atoms with Crippen LogP contribution < -0.4 is 0 Å². The zero-order chi connectivity index (χ0) is 16.7. The van der Waals surface area contributed by atoms with Crippen molar-refractivity contribution in [2.24, 2.45) is 5.92 Å².